The predicted molar refractivity (Wildman–Crippen MR) is 49.5 cm³/mol. The van der Waals surface area contributed by atoms with Crippen molar-refractivity contribution in [2.45, 2.75) is 6.92 Å². The van der Waals surface area contributed by atoms with Crippen LogP contribution in [0.5, 0.6) is 0 Å². The number of carboxylic acids is 1. The Morgan fingerprint density at radius 1 is 1.62 bits per heavy atom. The van der Waals surface area contributed by atoms with Crippen molar-refractivity contribution in [1.29, 1.82) is 0 Å². The normalized spacial score (nSPS) is 7.54. The molecule has 0 rings (SSSR count). The third kappa shape index (κ3) is 13.7. The fourth-order valence-electron chi connectivity index (χ4n) is 0.201. The highest BCUT2D eigenvalue weighted by Crippen LogP contribution is 1.92. The van der Waals surface area contributed by atoms with Gasteiger partial charge in [-0.3, -0.25) is 0 Å². The average Bonchev–Trinajstić information content (AvgIpc) is 2.05. The second-order valence-corrected chi connectivity index (χ2v) is 2.12. The minimum Gasteiger partial charge on any atom is -0.477 e. The Morgan fingerprint density at radius 3 is 2.08 bits per heavy atom. The molecule has 5 heteroatoms. The van der Waals surface area contributed by atoms with Gasteiger partial charge in [-0.2, -0.15) is 0 Å². The summed E-state index contributed by atoms with van der Waals surface area (Å²) in [5.74, 6) is -1.53. The molecular weight excluding hydrogens is 196 g/mol. The molecule has 13 heavy (non-hydrogen) atoms. The van der Waals surface area contributed by atoms with Gasteiger partial charge in [0.2, 0.25) is 0 Å². The van der Waals surface area contributed by atoms with E-state index in [1.165, 1.54) is 0 Å². The van der Waals surface area contributed by atoms with E-state index < -0.39 is 5.97 Å². The maximum absolute atomic E-state index is 10.1. The number of carboxylic acid groups (broad SMARTS) is 1. The highest BCUT2D eigenvalue weighted by molar-refractivity contribution is 6.40. The van der Waals surface area contributed by atoms with Gasteiger partial charge >= 0.3 is 11.9 Å². The van der Waals surface area contributed by atoms with Crippen LogP contribution in [0.15, 0.2) is 24.3 Å². The number of carbonyl (C=O) groups is 2. The van der Waals surface area contributed by atoms with E-state index in [1.807, 2.05) is 0 Å². The van der Waals surface area contributed by atoms with Gasteiger partial charge in [-0.25, -0.2) is 9.59 Å². The summed E-state index contributed by atoms with van der Waals surface area (Å²) in [6.45, 7) is 8.30. The molecule has 0 aliphatic carbocycles. The number of rotatable bonds is 3. The van der Waals surface area contributed by atoms with Gasteiger partial charge in [0.1, 0.15) is 5.03 Å². The molecule has 1 N–H and O–H groups in total. The fraction of sp³-hybridized carbons (Fsp3) is 0.250. The third-order valence-corrected chi connectivity index (χ3v) is 0.847. The number of ether oxygens (including phenoxy) is 1. The van der Waals surface area contributed by atoms with Crippen LogP contribution in [0.1, 0.15) is 6.92 Å². The van der Waals surface area contributed by atoms with Crippen LogP contribution in [0.2, 0.25) is 0 Å². The SMILES string of the molecule is C=C(Cl)C(=O)O.C=CC(=O)OCC. The van der Waals surface area contributed by atoms with Crippen molar-refractivity contribution >= 4 is 23.5 Å². The molecule has 0 aromatic heterocycles. The molecule has 0 unspecified atom stereocenters. The molecule has 0 amide bonds. The lowest BCUT2D eigenvalue weighted by atomic mass is 10.6. The molecule has 0 heterocycles. The second-order valence-electron chi connectivity index (χ2n) is 1.67. The number of carbonyl (C=O) groups excluding carboxylic acids is 1. The summed E-state index contributed by atoms with van der Waals surface area (Å²) < 4.78 is 4.43. The van der Waals surface area contributed by atoms with Gasteiger partial charge in [-0.1, -0.05) is 24.8 Å². The summed E-state index contributed by atoms with van der Waals surface area (Å²) in [4.78, 5) is 19.5. The highest BCUT2D eigenvalue weighted by atomic mass is 35.5. The van der Waals surface area contributed by atoms with E-state index in [2.05, 4.69) is 17.9 Å². The summed E-state index contributed by atoms with van der Waals surface area (Å²) in [6, 6.07) is 0. The molecule has 0 aliphatic rings. The Labute approximate surface area is 81.5 Å². The van der Waals surface area contributed by atoms with E-state index >= 15 is 0 Å². The number of hydrogen-bond donors (Lipinski definition) is 1. The van der Waals surface area contributed by atoms with E-state index in [-0.39, 0.29) is 11.0 Å². The van der Waals surface area contributed by atoms with Crippen LogP contribution in [0, 0.1) is 0 Å². The van der Waals surface area contributed by atoms with E-state index in [9.17, 15) is 9.59 Å². The van der Waals surface area contributed by atoms with Gasteiger partial charge < -0.3 is 9.84 Å². The summed E-state index contributed by atoms with van der Waals surface area (Å²) >= 11 is 4.82. The van der Waals surface area contributed by atoms with E-state index in [4.69, 9.17) is 16.7 Å². The quantitative estimate of drug-likeness (QED) is 0.562. The van der Waals surface area contributed by atoms with Gasteiger partial charge in [-0.15, -0.1) is 0 Å². The lowest BCUT2D eigenvalue weighted by molar-refractivity contribution is -0.137. The maximum Gasteiger partial charge on any atom is 0.346 e. The van der Waals surface area contributed by atoms with E-state index in [1.54, 1.807) is 6.92 Å². The molecule has 0 saturated carbocycles. The molecule has 0 aromatic carbocycles. The summed E-state index contributed by atoms with van der Waals surface area (Å²) in [6.07, 6.45) is 1.14. The average molecular weight is 207 g/mol. The van der Waals surface area contributed by atoms with Crippen molar-refractivity contribution in [1.82, 2.24) is 0 Å². The molecule has 0 bridgehead atoms. The predicted octanol–water partition coefficient (Wildman–Crippen LogP) is 1.56. The third-order valence-electron chi connectivity index (χ3n) is 0.685. The standard InChI is InChI=1S/C5H8O2.C3H3ClO2/c1-3-5(6)7-4-2;1-2(4)3(5)6/h3H,1,4H2,2H3;1H2,(H,5,6). The molecule has 0 fully saturated rings. The molecule has 0 aliphatic heterocycles. The minimum absolute atomic E-state index is 0.352. The van der Waals surface area contributed by atoms with Gasteiger partial charge in [0.15, 0.2) is 0 Å². The molecule has 74 valence electrons. The molecule has 4 nitrogen and oxygen atoms in total. The van der Waals surface area contributed by atoms with E-state index in [0.717, 1.165) is 6.08 Å². The monoisotopic (exact) mass is 206 g/mol. The van der Waals surface area contributed by atoms with Gasteiger partial charge in [0.25, 0.3) is 0 Å². The van der Waals surface area contributed by atoms with E-state index in [0.29, 0.717) is 6.61 Å². The van der Waals surface area contributed by atoms with Crippen LogP contribution in [-0.2, 0) is 14.3 Å². The maximum atomic E-state index is 10.1. The zero-order chi connectivity index (χ0) is 10.9. The lowest BCUT2D eigenvalue weighted by Gasteiger charge is -1.90. The molecule has 0 radical (unpaired) electrons. The van der Waals surface area contributed by atoms with Crippen LogP contribution in [0.25, 0.3) is 0 Å². The van der Waals surface area contributed by atoms with Crippen molar-refractivity contribution in [2.75, 3.05) is 6.61 Å². The minimum atomic E-state index is -1.17. The Kier molecular flexibility index (Phi) is 9.65. The topological polar surface area (TPSA) is 63.6 Å². The molecular formula is C8H11ClO4. The van der Waals surface area contributed by atoms with Gasteiger partial charge in [0.05, 0.1) is 6.61 Å². The van der Waals surface area contributed by atoms with Crippen LogP contribution in [0.4, 0.5) is 0 Å². The Bertz CT molecular complexity index is 198. The largest absolute Gasteiger partial charge is 0.477 e. The van der Waals surface area contributed by atoms with Gasteiger partial charge in [0, 0.05) is 6.08 Å². The Hall–Kier alpha value is -1.29. The van der Waals surface area contributed by atoms with Crippen LogP contribution in [-0.4, -0.2) is 23.7 Å². The first-order chi connectivity index (χ1) is 5.95. The van der Waals surface area contributed by atoms with Crippen molar-refractivity contribution in [2.24, 2.45) is 0 Å². The van der Waals surface area contributed by atoms with Crippen molar-refractivity contribution < 1.29 is 19.4 Å². The van der Waals surface area contributed by atoms with Crippen LogP contribution < -0.4 is 0 Å². The van der Waals surface area contributed by atoms with Crippen LogP contribution in [0.3, 0.4) is 0 Å². The number of aliphatic carboxylic acids is 1. The molecule has 0 spiro atoms. The van der Waals surface area contributed by atoms with Gasteiger partial charge in [-0.05, 0) is 6.92 Å². The molecule has 0 saturated heterocycles. The zero-order valence-electron chi connectivity index (χ0n) is 7.25. The lowest BCUT2D eigenvalue weighted by Crippen LogP contribution is -1.97. The first-order valence-corrected chi connectivity index (χ1v) is 3.70. The Morgan fingerprint density at radius 2 is 2.00 bits per heavy atom. The first kappa shape index (κ1) is 14.2. The number of halogens is 1. The number of hydrogen-bond acceptors (Lipinski definition) is 3. The molecule has 0 atom stereocenters. The van der Waals surface area contributed by atoms with Crippen molar-refractivity contribution in [3.63, 3.8) is 0 Å². The van der Waals surface area contributed by atoms with Crippen molar-refractivity contribution in [3.8, 4) is 0 Å². The zero-order valence-corrected chi connectivity index (χ0v) is 8.00. The first-order valence-electron chi connectivity index (χ1n) is 3.32. The smallest absolute Gasteiger partial charge is 0.346 e. The summed E-state index contributed by atoms with van der Waals surface area (Å²) in [7, 11) is 0. The molecule has 0 aromatic rings. The summed E-state index contributed by atoms with van der Waals surface area (Å²) in [5.41, 5.74) is 0. The second kappa shape index (κ2) is 8.80. The summed E-state index contributed by atoms with van der Waals surface area (Å²) in [5, 5.41) is 7.41. The number of esters is 1. The Balaban J connectivity index is 0. The highest BCUT2D eigenvalue weighted by Gasteiger charge is 1.93. The fourth-order valence-corrected chi connectivity index (χ4v) is 0.201. The van der Waals surface area contributed by atoms with Crippen LogP contribution >= 0.6 is 11.6 Å². The van der Waals surface area contributed by atoms with Crippen molar-refractivity contribution in [3.05, 3.63) is 24.3 Å².